The van der Waals surface area contributed by atoms with Gasteiger partial charge in [-0.15, -0.1) is 0 Å². The number of nitrogens with two attached hydrogens (primary N) is 4. The first-order chi connectivity index (χ1) is 39.0. The first kappa shape index (κ1) is 67.8. The highest BCUT2D eigenvalue weighted by Gasteiger charge is 2.58. The van der Waals surface area contributed by atoms with Gasteiger partial charge in [-0.3, -0.25) is 14.4 Å². The van der Waals surface area contributed by atoms with E-state index in [1.165, 1.54) is 27.7 Å². The van der Waals surface area contributed by atoms with Crippen molar-refractivity contribution in [2.75, 3.05) is 19.8 Å². The van der Waals surface area contributed by atoms with Crippen molar-refractivity contribution in [3.63, 3.8) is 0 Å². The Hall–Kier alpha value is -2.75. The molecule has 0 bridgehead atoms. The zero-order valence-corrected chi connectivity index (χ0v) is 46.5. The van der Waals surface area contributed by atoms with E-state index in [0.29, 0.717) is 0 Å². The van der Waals surface area contributed by atoms with Crippen LogP contribution in [-0.2, 0) is 76.0 Å². The van der Waals surface area contributed by atoms with Gasteiger partial charge in [0.05, 0.1) is 74.5 Å². The monoisotopic (exact) mass is 1210 g/mol. The average Bonchev–Trinajstić information content (AvgIpc) is 2.63. The van der Waals surface area contributed by atoms with Crippen LogP contribution in [0.1, 0.15) is 48.5 Å². The van der Waals surface area contributed by atoms with Gasteiger partial charge >= 0.3 is 0 Å². The van der Waals surface area contributed by atoms with Crippen molar-refractivity contribution in [3.05, 3.63) is 0 Å². The normalized spacial score (nSPS) is 50.7. The maximum atomic E-state index is 12.5. The first-order valence-corrected chi connectivity index (χ1v) is 27.3. The van der Waals surface area contributed by atoms with Crippen molar-refractivity contribution in [1.82, 2.24) is 16.0 Å². The van der Waals surface area contributed by atoms with Gasteiger partial charge in [-0.1, -0.05) is 0 Å². The molecule has 0 aliphatic carbocycles. The number of carbonyl (C=O) groups is 3. The molecule has 0 aromatic heterocycles. The summed E-state index contributed by atoms with van der Waals surface area (Å²) in [4.78, 5) is 36.9. The van der Waals surface area contributed by atoms with E-state index in [9.17, 15) is 75.7 Å². The minimum absolute atomic E-state index is 0.653. The maximum Gasteiger partial charge on any atom is 0.217 e. The number of hydrogen-bond acceptors (Lipinski definition) is 32. The molecule has 35 nitrogen and oxygen atoms in total. The Morgan fingerprint density at radius 1 is 0.349 bits per heavy atom. The molecule has 7 heterocycles. The molecule has 7 saturated heterocycles. The van der Waals surface area contributed by atoms with E-state index in [1.807, 2.05) is 0 Å². The van der Waals surface area contributed by atoms with Crippen LogP contribution in [0.4, 0.5) is 0 Å². The van der Waals surface area contributed by atoms with E-state index in [0.717, 1.165) is 20.8 Å². The first-order valence-electron chi connectivity index (χ1n) is 27.3. The smallest absolute Gasteiger partial charge is 0.217 e. The zero-order valence-electron chi connectivity index (χ0n) is 46.5. The predicted molar refractivity (Wildman–Crippen MR) is 269 cm³/mol. The lowest BCUT2D eigenvalue weighted by atomic mass is 9.93. The summed E-state index contributed by atoms with van der Waals surface area (Å²) in [5.74, 6) is -2.03. The van der Waals surface area contributed by atoms with Crippen LogP contribution in [0.15, 0.2) is 0 Å². The van der Waals surface area contributed by atoms with Gasteiger partial charge in [0.15, 0.2) is 44.0 Å². The van der Waals surface area contributed by atoms with E-state index >= 15 is 0 Å². The second-order valence-corrected chi connectivity index (χ2v) is 22.1. The second-order valence-electron chi connectivity index (χ2n) is 22.1. The van der Waals surface area contributed by atoms with Crippen LogP contribution in [0, 0.1) is 0 Å². The molecule has 0 saturated carbocycles. The van der Waals surface area contributed by atoms with E-state index in [1.54, 1.807) is 0 Å². The van der Waals surface area contributed by atoms with Gasteiger partial charge in [0.25, 0.3) is 0 Å². The zero-order chi connectivity index (χ0) is 61.4. The molecule has 1 unspecified atom stereocenters. The minimum Gasteiger partial charge on any atom is -0.394 e. The molecule has 0 aromatic carbocycles. The summed E-state index contributed by atoms with van der Waals surface area (Å²) < 4.78 is 79.8. The van der Waals surface area contributed by atoms with Gasteiger partial charge in [-0.05, 0) is 27.7 Å². The molecule has 83 heavy (non-hydrogen) atoms. The van der Waals surface area contributed by atoms with Gasteiger partial charge < -0.3 is 162 Å². The van der Waals surface area contributed by atoms with Crippen molar-refractivity contribution < 1.29 is 137 Å². The molecule has 7 rings (SSSR count). The molecule has 7 aliphatic rings. The fraction of sp³-hybridized carbons (Fsp3) is 0.938. The number of aliphatic hydroxyl groups excluding tert-OH is 12. The fourth-order valence-electron chi connectivity index (χ4n) is 11.3. The van der Waals surface area contributed by atoms with Gasteiger partial charge in [0.2, 0.25) is 17.7 Å². The highest BCUT2D eigenvalue weighted by molar-refractivity contribution is 5.74. The van der Waals surface area contributed by atoms with Gasteiger partial charge in [-0.25, -0.2) is 0 Å². The Labute approximate surface area is 475 Å². The highest BCUT2D eigenvalue weighted by atomic mass is 16.8. The third-order valence-corrected chi connectivity index (χ3v) is 15.9. The number of aliphatic hydroxyl groups is 12. The Bertz CT molecular complexity index is 2130. The number of rotatable bonds is 18. The van der Waals surface area contributed by atoms with Crippen LogP contribution >= 0.6 is 0 Å². The Morgan fingerprint density at radius 2 is 0.639 bits per heavy atom. The van der Waals surface area contributed by atoms with Crippen LogP contribution < -0.4 is 38.9 Å². The van der Waals surface area contributed by atoms with Crippen LogP contribution in [0.2, 0.25) is 0 Å². The van der Waals surface area contributed by atoms with E-state index in [4.69, 9.17) is 84.5 Å². The summed E-state index contributed by atoms with van der Waals surface area (Å²) in [5.41, 5.74) is 27.0. The molecule has 0 aromatic rings. The second kappa shape index (κ2) is 28.6. The standard InChI is InChI=1S/C48H85N7O28/c1-11-28(62)21(49)40(82-44-26(54-16(6)60)34(68)30(64)19(9-57)76-44)47(72-11)80-38-14(4)74-48(41(24(38)52)83-45-27(55-17(7)61)35(69)31(65)20(10-58)77-45)79-36-13(3)73-46(32(66)22(36)50)78-37-12(2)71-42(70)39(23(37)51)81-43-25(53-15(5)59)33(67)29(63)18(8-56)75-43/h11-14,18-48,56-58,62-70H,8-10,49-52H2,1-7H3,(H,53,59)(H,54,60)(H,55,61)/t11-,12-,13-,14-,18-,19-,20-,21+,22-,23+,24+,25-,26-,27-,28-,29+,30+,31+,32-,33-,34-,35-,36-,37-,38-,39-,40-,41-,42?,43-,44-,45-,46+,47+,48+/m1/s1. The SMILES string of the molecule is CC(=O)N[C@H]1[C@@H](O[C@H]2C(O)O[C@H](C)[C@@H](O[C@@H]3O[C@H](C)[C@@H](O[C@@H]4O[C@H](C)[C@@H](O[C@@H]5O[C@H](C)[C@@H](O)[C@H](N)[C@H]5O[C@H]5O[C@H](CO)[C@H](O)[C@H](O)[C@H]5NC(C)=O)[C@H](N)[C@H]4O[C@H]4O[C@H](CO)[C@H](O)[C@H](O)[C@H]4NC(C)=O)[C@H](N)[C@H]3O)[C@@H]2N)O[C@H](CO)[C@H](O)[C@@H]1O. The van der Waals surface area contributed by atoms with E-state index in [-0.39, 0.29) is 0 Å². The predicted octanol–water partition coefficient (Wildman–Crippen LogP) is -11.9. The molecule has 0 spiro atoms. The van der Waals surface area contributed by atoms with Crippen molar-refractivity contribution in [2.24, 2.45) is 22.9 Å². The molecule has 7 aliphatic heterocycles. The number of amides is 3. The van der Waals surface area contributed by atoms with Crippen LogP contribution in [-0.4, -0.2) is 313 Å². The third-order valence-electron chi connectivity index (χ3n) is 15.9. The summed E-state index contributed by atoms with van der Waals surface area (Å²) in [5, 5.41) is 137. The Kier molecular flexibility index (Phi) is 23.3. The lowest BCUT2D eigenvalue weighted by molar-refractivity contribution is -0.381. The highest BCUT2D eigenvalue weighted by Crippen LogP contribution is 2.38. The van der Waals surface area contributed by atoms with Gasteiger partial charge in [0, 0.05) is 20.8 Å². The van der Waals surface area contributed by atoms with Crippen LogP contribution in [0.5, 0.6) is 0 Å². The van der Waals surface area contributed by atoms with Crippen molar-refractivity contribution in [3.8, 4) is 0 Å². The lowest BCUT2D eigenvalue weighted by Crippen LogP contribution is -2.71. The minimum atomic E-state index is -1.82. The molecule has 35 heteroatoms. The quantitative estimate of drug-likeness (QED) is 0.0606. The largest absolute Gasteiger partial charge is 0.394 e. The summed E-state index contributed by atoms with van der Waals surface area (Å²) in [6, 6.07) is -10.1. The third kappa shape index (κ3) is 14.7. The maximum absolute atomic E-state index is 12.5. The molecular weight excluding hydrogens is 1120 g/mol. The lowest BCUT2D eigenvalue weighted by Gasteiger charge is -2.52. The summed E-state index contributed by atoms with van der Waals surface area (Å²) in [7, 11) is 0. The van der Waals surface area contributed by atoms with Crippen LogP contribution in [0.3, 0.4) is 0 Å². The average molecular weight is 1210 g/mol. The molecule has 3 amide bonds. The van der Waals surface area contributed by atoms with Crippen molar-refractivity contribution in [1.29, 1.82) is 0 Å². The van der Waals surface area contributed by atoms with Crippen molar-refractivity contribution in [2.45, 2.75) is 263 Å². The molecular formula is C48H85N7O28. The van der Waals surface area contributed by atoms with Gasteiger partial charge in [-0.2, -0.15) is 0 Å². The number of carbonyl (C=O) groups excluding carboxylic acids is 3. The van der Waals surface area contributed by atoms with E-state index < -0.39 is 252 Å². The number of ether oxygens (including phenoxy) is 13. The molecule has 23 N–H and O–H groups in total. The van der Waals surface area contributed by atoms with Crippen molar-refractivity contribution >= 4 is 17.7 Å². The number of hydrogen-bond donors (Lipinski definition) is 19. The molecule has 480 valence electrons. The Balaban J connectivity index is 1.13. The molecule has 7 fully saturated rings. The number of nitrogens with one attached hydrogen (secondary N) is 3. The van der Waals surface area contributed by atoms with E-state index in [2.05, 4.69) is 16.0 Å². The molecule has 35 atom stereocenters. The fourth-order valence-corrected chi connectivity index (χ4v) is 11.3. The summed E-state index contributed by atoms with van der Waals surface area (Å²) >= 11 is 0. The van der Waals surface area contributed by atoms with Gasteiger partial charge in [0.1, 0.15) is 116 Å². The summed E-state index contributed by atoms with van der Waals surface area (Å²) in [6.45, 7) is 6.87. The molecule has 0 radical (unpaired) electrons. The summed E-state index contributed by atoms with van der Waals surface area (Å²) in [6.07, 6.45) is -42.9. The van der Waals surface area contributed by atoms with Crippen LogP contribution in [0.25, 0.3) is 0 Å². The Morgan fingerprint density at radius 3 is 1.02 bits per heavy atom. The topological polar surface area (TPSA) is 554 Å².